The third-order valence-electron chi connectivity index (χ3n) is 3.92. The number of amides is 1. The Hall–Kier alpha value is -4.01. The number of rotatable bonds is 3. The summed E-state index contributed by atoms with van der Waals surface area (Å²) in [5.74, 6) is 0.169. The second-order valence-corrected chi connectivity index (χ2v) is 5.91. The summed E-state index contributed by atoms with van der Waals surface area (Å²) in [5.41, 5.74) is 2.54. The van der Waals surface area contributed by atoms with E-state index in [2.05, 4.69) is 20.6 Å². The number of non-ortho nitro benzene ring substituents is 1. The monoisotopic (exact) mass is 363 g/mol. The zero-order valence-corrected chi connectivity index (χ0v) is 14.1. The van der Waals surface area contributed by atoms with Crippen LogP contribution in [0.5, 0.6) is 0 Å². The van der Waals surface area contributed by atoms with E-state index in [9.17, 15) is 14.9 Å². The molecule has 0 atom stereocenters. The second kappa shape index (κ2) is 6.37. The molecule has 0 aliphatic carbocycles. The number of aromatic nitrogens is 1. The largest absolute Gasteiger partial charge is 0.403 e. The summed E-state index contributed by atoms with van der Waals surface area (Å²) in [5, 5.41) is 16.5. The summed E-state index contributed by atoms with van der Waals surface area (Å²) in [6.45, 7) is 1.90. The van der Waals surface area contributed by atoms with E-state index in [0.29, 0.717) is 22.6 Å². The number of nitro groups is 1. The first kappa shape index (κ1) is 16.5. The molecular formula is C18H13N5O4. The van der Waals surface area contributed by atoms with Crippen molar-refractivity contribution < 1.29 is 14.1 Å². The second-order valence-electron chi connectivity index (χ2n) is 5.91. The van der Waals surface area contributed by atoms with E-state index in [1.807, 2.05) is 13.0 Å². The van der Waals surface area contributed by atoms with E-state index >= 15 is 0 Å². The number of aryl methyl sites for hydroxylation is 1. The molecule has 0 bridgehead atoms. The van der Waals surface area contributed by atoms with Crippen molar-refractivity contribution in [3.63, 3.8) is 0 Å². The minimum Gasteiger partial charge on any atom is -0.403 e. The van der Waals surface area contributed by atoms with E-state index in [-0.39, 0.29) is 23.5 Å². The standard InChI is InChI=1S/C18H13N5O4/c1-10-5-6-14-13(7-10)16(24)22-17-15(20-14)21-18(27-17)19-9-11-3-2-4-12(8-11)23(25)26/h2-9,20H,1H3,(H,22,24). The van der Waals surface area contributed by atoms with E-state index in [1.54, 1.807) is 24.3 Å². The fourth-order valence-electron chi connectivity index (χ4n) is 2.63. The fraction of sp³-hybridized carbons (Fsp3) is 0.0556. The van der Waals surface area contributed by atoms with Gasteiger partial charge in [0.15, 0.2) is 5.82 Å². The highest BCUT2D eigenvalue weighted by Crippen LogP contribution is 2.34. The third kappa shape index (κ3) is 3.25. The van der Waals surface area contributed by atoms with Crippen LogP contribution in [0.3, 0.4) is 0 Å². The van der Waals surface area contributed by atoms with E-state index in [4.69, 9.17) is 4.42 Å². The maximum atomic E-state index is 12.4. The van der Waals surface area contributed by atoms with Crippen LogP contribution < -0.4 is 10.6 Å². The quantitative estimate of drug-likeness (QED) is 0.413. The molecule has 1 aliphatic heterocycles. The van der Waals surface area contributed by atoms with Crippen molar-refractivity contribution in [2.45, 2.75) is 6.92 Å². The molecule has 9 nitrogen and oxygen atoms in total. The number of nitro benzene ring substituents is 1. The lowest BCUT2D eigenvalue weighted by atomic mass is 10.1. The molecule has 4 rings (SSSR count). The molecule has 0 spiro atoms. The molecule has 0 fully saturated rings. The fourth-order valence-corrected chi connectivity index (χ4v) is 2.63. The van der Waals surface area contributed by atoms with Crippen LogP contribution in [0.15, 0.2) is 51.9 Å². The number of aliphatic imine (C=N–C) groups is 1. The molecular weight excluding hydrogens is 350 g/mol. The van der Waals surface area contributed by atoms with Gasteiger partial charge in [0.25, 0.3) is 11.6 Å². The predicted octanol–water partition coefficient (Wildman–Crippen LogP) is 3.95. The number of hydrogen-bond acceptors (Lipinski definition) is 7. The number of oxazole rings is 1. The number of benzene rings is 2. The van der Waals surface area contributed by atoms with Gasteiger partial charge in [0.1, 0.15) is 0 Å². The van der Waals surface area contributed by atoms with Crippen LogP contribution in [0.1, 0.15) is 21.5 Å². The maximum Gasteiger partial charge on any atom is 0.325 e. The van der Waals surface area contributed by atoms with Gasteiger partial charge in [-0.05, 0) is 24.6 Å². The average Bonchev–Trinajstić information content (AvgIpc) is 2.97. The van der Waals surface area contributed by atoms with Crippen molar-refractivity contribution in [3.8, 4) is 0 Å². The Morgan fingerprint density at radius 2 is 2.07 bits per heavy atom. The highest BCUT2D eigenvalue weighted by atomic mass is 16.6. The van der Waals surface area contributed by atoms with Crippen molar-refractivity contribution in [2.75, 3.05) is 10.6 Å². The smallest absolute Gasteiger partial charge is 0.325 e. The summed E-state index contributed by atoms with van der Waals surface area (Å²) in [7, 11) is 0. The normalized spacial score (nSPS) is 12.7. The lowest BCUT2D eigenvalue weighted by Crippen LogP contribution is -2.10. The van der Waals surface area contributed by atoms with Gasteiger partial charge < -0.3 is 9.73 Å². The van der Waals surface area contributed by atoms with E-state index < -0.39 is 4.92 Å². The molecule has 3 aromatic rings. The number of fused-ring (bicyclic) bond motifs is 2. The number of anilines is 3. The highest BCUT2D eigenvalue weighted by molar-refractivity contribution is 6.11. The maximum absolute atomic E-state index is 12.4. The first-order valence-electron chi connectivity index (χ1n) is 7.98. The highest BCUT2D eigenvalue weighted by Gasteiger charge is 2.23. The average molecular weight is 363 g/mol. The van der Waals surface area contributed by atoms with Crippen LogP contribution in [-0.4, -0.2) is 22.0 Å². The SMILES string of the molecule is Cc1ccc2c(c1)C(=O)Nc1oc(N=Cc3cccc([N+](=O)[O-])c3)nc1N2. The number of carbonyl (C=O) groups is 1. The summed E-state index contributed by atoms with van der Waals surface area (Å²) in [6, 6.07) is 11.5. The van der Waals surface area contributed by atoms with Gasteiger partial charge in [-0.25, -0.2) is 4.99 Å². The summed E-state index contributed by atoms with van der Waals surface area (Å²) in [6.07, 6.45) is 1.40. The number of hydrogen-bond donors (Lipinski definition) is 2. The van der Waals surface area contributed by atoms with Gasteiger partial charge in [0, 0.05) is 18.3 Å². The van der Waals surface area contributed by atoms with Crippen molar-refractivity contribution >= 4 is 41.2 Å². The zero-order chi connectivity index (χ0) is 19.0. The van der Waals surface area contributed by atoms with Crippen LogP contribution in [0.2, 0.25) is 0 Å². The molecule has 2 N–H and O–H groups in total. The minimum absolute atomic E-state index is 0.00914. The molecule has 9 heteroatoms. The molecule has 1 aromatic heterocycles. The third-order valence-corrected chi connectivity index (χ3v) is 3.92. The van der Waals surface area contributed by atoms with Gasteiger partial charge in [-0.15, -0.1) is 0 Å². The Kier molecular flexibility index (Phi) is 3.88. The summed E-state index contributed by atoms with van der Waals surface area (Å²) >= 11 is 0. The summed E-state index contributed by atoms with van der Waals surface area (Å²) < 4.78 is 5.48. The first-order chi connectivity index (χ1) is 13.0. The number of carbonyl (C=O) groups excluding carboxylic acids is 1. The molecule has 0 radical (unpaired) electrons. The molecule has 27 heavy (non-hydrogen) atoms. The molecule has 1 aliphatic rings. The molecule has 0 saturated carbocycles. The number of nitrogens with zero attached hydrogens (tertiary/aromatic N) is 3. The summed E-state index contributed by atoms with van der Waals surface area (Å²) in [4.78, 5) is 31.0. The van der Waals surface area contributed by atoms with Crippen molar-refractivity contribution in [3.05, 3.63) is 69.3 Å². The molecule has 0 saturated heterocycles. The van der Waals surface area contributed by atoms with E-state index in [1.165, 1.54) is 18.3 Å². The predicted molar refractivity (Wildman–Crippen MR) is 99.3 cm³/mol. The van der Waals surface area contributed by atoms with Crippen molar-refractivity contribution in [1.29, 1.82) is 0 Å². The lowest BCUT2D eigenvalue weighted by molar-refractivity contribution is -0.384. The first-order valence-corrected chi connectivity index (χ1v) is 7.98. The van der Waals surface area contributed by atoms with Gasteiger partial charge in [-0.3, -0.25) is 20.2 Å². The van der Waals surface area contributed by atoms with Crippen molar-refractivity contribution in [1.82, 2.24) is 4.98 Å². The zero-order valence-electron chi connectivity index (χ0n) is 14.1. The Labute approximate surface area is 152 Å². The molecule has 0 unspecified atom stereocenters. The van der Waals surface area contributed by atoms with Gasteiger partial charge in [0.05, 0.1) is 16.2 Å². The lowest BCUT2D eigenvalue weighted by Gasteiger charge is -2.05. The Bertz CT molecular complexity index is 1100. The topological polar surface area (TPSA) is 123 Å². The van der Waals surface area contributed by atoms with Crippen LogP contribution in [0.4, 0.5) is 29.1 Å². The Balaban J connectivity index is 1.62. The van der Waals surface area contributed by atoms with E-state index in [0.717, 1.165) is 5.56 Å². The van der Waals surface area contributed by atoms with Gasteiger partial charge >= 0.3 is 6.01 Å². The minimum atomic E-state index is -0.483. The van der Waals surface area contributed by atoms with Crippen LogP contribution in [0, 0.1) is 17.0 Å². The van der Waals surface area contributed by atoms with Gasteiger partial charge in [-0.2, -0.15) is 4.98 Å². The molecule has 1 amide bonds. The van der Waals surface area contributed by atoms with Gasteiger partial charge in [0.2, 0.25) is 5.88 Å². The van der Waals surface area contributed by atoms with Crippen LogP contribution >= 0.6 is 0 Å². The Morgan fingerprint density at radius 1 is 1.22 bits per heavy atom. The van der Waals surface area contributed by atoms with Crippen molar-refractivity contribution in [2.24, 2.45) is 4.99 Å². The van der Waals surface area contributed by atoms with Crippen LogP contribution in [0.25, 0.3) is 0 Å². The number of nitrogens with one attached hydrogen (secondary N) is 2. The molecule has 2 aromatic carbocycles. The Morgan fingerprint density at radius 3 is 2.89 bits per heavy atom. The molecule has 2 heterocycles. The molecule has 134 valence electrons. The van der Waals surface area contributed by atoms with Gasteiger partial charge in [-0.1, -0.05) is 23.8 Å². The van der Waals surface area contributed by atoms with Crippen LogP contribution in [-0.2, 0) is 0 Å².